The monoisotopic (exact) mass is 194 g/mol. The zero-order valence-electron chi connectivity index (χ0n) is 8.95. The van der Waals surface area contributed by atoms with Gasteiger partial charge in [0.25, 0.3) is 0 Å². The van der Waals surface area contributed by atoms with E-state index in [9.17, 15) is 0 Å². The van der Waals surface area contributed by atoms with Crippen molar-refractivity contribution in [2.24, 2.45) is 0 Å². The van der Waals surface area contributed by atoms with Gasteiger partial charge >= 0.3 is 0 Å². The van der Waals surface area contributed by atoms with Crippen LogP contribution < -0.4 is 5.32 Å². The molecule has 0 spiro atoms. The lowest BCUT2D eigenvalue weighted by Gasteiger charge is -2.21. The number of hydrogen-bond acceptors (Lipinski definition) is 3. The maximum Gasteiger partial charge on any atom is 0.140 e. The molecule has 1 N–H and O–H groups in total. The standard InChI is InChI=1S/C10H18N4/c1-3-6-14-8-12-13-9(14)10(2)4-5-11-7-10/h8,11H,3-7H2,1-2H3. The van der Waals surface area contributed by atoms with Crippen LogP contribution >= 0.6 is 0 Å². The summed E-state index contributed by atoms with van der Waals surface area (Å²) in [5.41, 5.74) is 0.186. The lowest BCUT2D eigenvalue weighted by Crippen LogP contribution is -2.29. The molecule has 1 fully saturated rings. The van der Waals surface area contributed by atoms with Gasteiger partial charge < -0.3 is 9.88 Å². The van der Waals surface area contributed by atoms with Gasteiger partial charge in [0, 0.05) is 18.5 Å². The van der Waals surface area contributed by atoms with E-state index < -0.39 is 0 Å². The molecule has 4 heteroatoms. The average molecular weight is 194 g/mol. The fourth-order valence-electron chi connectivity index (χ4n) is 2.13. The van der Waals surface area contributed by atoms with Gasteiger partial charge in [-0.25, -0.2) is 0 Å². The Morgan fingerprint density at radius 3 is 3.14 bits per heavy atom. The van der Waals surface area contributed by atoms with Gasteiger partial charge in [-0.05, 0) is 19.4 Å². The fraction of sp³-hybridized carbons (Fsp3) is 0.800. The molecular formula is C10H18N4. The summed E-state index contributed by atoms with van der Waals surface area (Å²) in [6.07, 6.45) is 4.15. The smallest absolute Gasteiger partial charge is 0.140 e. The van der Waals surface area contributed by atoms with E-state index in [0.29, 0.717) is 0 Å². The van der Waals surface area contributed by atoms with Crippen molar-refractivity contribution in [3.05, 3.63) is 12.2 Å². The number of rotatable bonds is 3. The van der Waals surface area contributed by atoms with E-state index in [2.05, 4.69) is 33.9 Å². The van der Waals surface area contributed by atoms with E-state index >= 15 is 0 Å². The summed E-state index contributed by atoms with van der Waals surface area (Å²) in [5, 5.41) is 11.7. The predicted octanol–water partition coefficient (Wildman–Crippen LogP) is 0.939. The largest absolute Gasteiger partial charge is 0.317 e. The average Bonchev–Trinajstić information content (AvgIpc) is 2.75. The van der Waals surface area contributed by atoms with Gasteiger partial charge in [-0.1, -0.05) is 13.8 Å². The predicted molar refractivity (Wildman–Crippen MR) is 55.2 cm³/mol. The van der Waals surface area contributed by atoms with Gasteiger partial charge in [-0.15, -0.1) is 10.2 Å². The van der Waals surface area contributed by atoms with Crippen molar-refractivity contribution in [2.75, 3.05) is 13.1 Å². The minimum Gasteiger partial charge on any atom is -0.317 e. The SMILES string of the molecule is CCCn1cnnc1C1(C)CCNC1. The van der Waals surface area contributed by atoms with Crippen LogP contribution in [0.5, 0.6) is 0 Å². The zero-order chi connectivity index (χ0) is 10.0. The van der Waals surface area contributed by atoms with E-state index in [-0.39, 0.29) is 5.41 Å². The summed E-state index contributed by atoms with van der Waals surface area (Å²) in [5.74, 6) is 1.14. The quantitative estimate of drug-likeness (QED) is 0.778. The molecule has 78 valence electrons. The summed E-state index contributed by atoms with van der Waals surface area (Å²) in [6, 6.07) is 0. The van der Waals surface area contributed by atoms with Crippen LogP contribution in [0.25, 0.3) is 0 Å². The van der Waals surface area contributed by atoms with Crippen molar-refractivity contribution in [1.82, 2.24) is 20.1 Å². The molecule has 1 aliphatic heterocycles. The third-order valence-corrected chi connectivity index (χ3v) is 2.99. The lowest BCUT2D eigenvalue weighted by molar-refractivity contribution is 0.453. The Morgan fingerprint density at radius 2 is 2.50 bits per heavy atom. The molecule has 1 aromatic rings. The highest BCUT2D eigenvalue weighted by atomic mass is 15.3. The number of aryl methyl sites for hydroxylation is 1. The van der Waals surface area contributed by atoms with Gasteiger partial charge in [0.1, 0.15) is 12.2 Å². The van der Waals surface area contributed by atoms with Gasteiger partial charge in [0.05, 0.1) is 0 Å². The molecule has 0 bridgehead atoms. The molecule has 0 saturated carbocycles. The minimum absolute atomic E-state index is 0.186. The van der Waals surface area contributed by atoms with Crippen molar-refractivity contribution in [2.45, 2.75) is 38.6 Å². The highest BCUT2D eigenvalue weighted by Crippen LogP contribution is 2.28. The lowest BCUT2D eigenvalue weighted by atomic mass is 9.89. The van der Waals surface area contributed by atoms with Crippen LogP contribution in [0.1, 0.15) is 32.5 Å². The summed E-state index contributed by atoms with van der Waals surface area (Å²) in [6.45, 7) is 7.59. The molecule has 0 amide bonds. The number of nitrogens with one attached hydrogen (secondary N) is 1. The van der Waals surface area contributed by atoms with E-state index in [1.807, 2.05) is 6.33 Å². The van der Waals surface area contributed by atoms with Crippen molar-refractivity contribution in [1.29, 1.82) is 0 Å². The maximum atomic E-state index is 4.26. The Morgan fingerprint density at radius 1 is 1.64 bits per heavy atom. The van der Waals surface area contributed by atoms with Crippen LogP contribution in [0.4, 0.5) is 0 Å². The topological polar surface area (TPSA) is 42.7 Å². The van der Waals surface area contributed by atoms with Crippen LogP contribution in [0.3, 0.4) is 0 Å². The molecule has 1 aliphatic rings. The van der Waals surface area contributed by atoms with Crippen molar-refractivity contribution < 1.29 is 0 Å². The van der Waals surface area contributed by atoms with Crippen LogP contribution in [0.2, 0.25) is 0 Å². The number of aromatic nitrogens is 3. The molecule has 1 atom stereocenters. The van der Waals surface area contributed by atoms with Crippen LogP contribution in [0.15, 0.2) is 6.33 Å². The van der Waals surface area contributed by atoms with Crippen molar-refractivity contribution >= 4 is 0 Å². The molecule has 0 aromatic carbocycles. The van der Waals surface area contributed by atoms with Crippen LogP contribution in [0, 0.1) is 0 Å². The van der Waals surface area contributed by atoms with E-state index in [0.717, 1.165) is 38.3 Å². The molecular weight excluding hydrogens is 176 g/mol. The first-order valence-electron chi connectivity index (χ1n) is 5.35. The molecule has 1 aromatic heterocycles. The minimum atomic E-state index is 0.186. The van der Waals surface area contributed by atoms with Crippen LogP contribution in [-0.2, 0) is 12.0 Å². The van der Waals surface area contributed by atoms with E-state index in [1.165, 1.54) is 0 Å². The summed E-state index contributed by atoms with van der Waals surface area (Å²) in [7, 11) is 0. The molecule has 14 heavy (non-hydrogen) atoms. The molecule has 2 rings (SSSR count). The first-order chi connectivity index (χ1) is 6.76. The summed E-state index contributed by atoms with van der Waals surface area (Å²) >= 11 is 0. The Hall–Kier alpha value is -0.900. The first kappa shape index (κ1) is 9.65. The van der Waals surface area contributed by atoms with Gasteiger partial charge in [-0.3, -0.25) is 0 Å². The Balaban J connectivity index is 2.25. The zero-order valence-corrected chi connectivity index (χ0v) is 8.95. The first-order valence-corrected chi connectivity index (χ1v) is 5.35. The Labute approximate surface area is 84.7 Å². The second-order valence-electron chi connectivity index (χ2n) is 4.34. The highest BCUT2D eigenvalue weighted by Gasteiger charge is 2.34. The van der Waals surface area contributed by atoms with Gasteiger partial charge in [0.15, 0.2) is 0 Å². The van der Waals surface area contributed by atoms with Gasteiger partial charge in [0.2, 0.25) is 0 Å². The fourth-order valence-corrected chi connectivity index (χ4v) is 2.13. The maximum absolute atomic E-state index is 4.26. The Kier molecular flexibility index (Phi) is 2.54. The summed E-state index contributed by atoms with van der Waals surface area (Å²) < 4.78 is 2.19. The van der Waals surface area contributed by atoms with E-state index in [1.54, 1.807) is 0 Å². The molecule has 4 nitrogen and oxygen atoms in total. The van der Waals surface area contributed by atoms with Crippen molar-refractivity contribution in [3.63, 3.8) is 0 Å². The molecule has 0 radical (unpaired) electrons. The van der Waals surface area contributed by atoms with Crippen molar-refractivity contribution in [3.8, 4) is 0 Å². The van der Waals surface area contributed by atoms with Crippen LogP contribution in [-0.4, -0.2) is 27.9 Å². The third-order valence-electron chi connectivity index (χ3n) is 2.99. The third kappa shape index (κ3) is 1.54. The number of hydrogen-bond donors (Lipinski definition) is 1. The second kappa shape index (κ2) is 3.69. The molecule has 1 unspecified atom stereocenters. The van der Waals surface area contributed by atoms with E-state index in [4.69, 9.17) is 0 Å². The highest BCUT2D eigenvalue weighted by molar-refractivity contribution is 5.10. The summed E-state index contributed by atoms with van der Waals surface area (Å²) in [4.78, 5) is 0. The molecule has 0 aliphatic carbocycles. The van der Waals surface area contributed by atoms with Gasteiger partial charge in [-0.2, -0.15) is 0 Å². The second-order valence-corrected chi connectivity index (χ2v) is 4.34. The number of nitrogens with zero attached hydrogens (tertiary/aromatic N) is 3. The Bertz CT molecular complexity index is 299. The normalized spacial score (nSPS) is 27.0. The molecule has 1 saturated heterocycles. The molecule has 2 heterocycles.